The first-order valence-corrected chi connectivity index (χ1v) is 11.4. The first kappa shape index (κ1) is 20.6. The Morgan fingerprint density at radius 2 is 1.68 bits per heavy atom. The molecule has 1 spiro atoms. The maximum Gasteiger partial charge on any atom is 0.338 e. The van der Waals surface area contributed by atoms with E-state index >= 15 is 0 Å². The molecular formula is C27H23NO6. The Hall–Kier alpha value is -4.00. The Kier molecular flexibility index (Phi) is 4.72. The molecule has 0 radical (unpaired) electrons. The van der Waals surface area contributed by atoms with E-state index in [9.17, 15) is 9.59 Å². The fraction of sp³-hybridized carbons (Fsp3) is 0.259. The number of nitrogens with zero attached hydrogens (tertiary/aromatic N) is 1. The number of hydrogen-bond donors (Lipinski definition) is 0. The van der Waals surface area contributed by atoms with Crippen molar-refractivity contribution >= 4 is 17.6 Å². The molecule has 7 nitrogen and oxygen atoms in total. The normalized spacial score (nSPS) is 19.6. The number of fused-ring (bicyclic) bond motifs is 5. The van der Waals surface area contributed by atoms with E-state index in [1.807, 2.05) is 48.5 Å². The molecule has 3 aliphatic heterocycles. The van der Waals surface area contributed by atoms with Crippen molar-refractivity contribution < 1.29 is 28.5 Å². The summed E-state index contributed by atoms with van der Waals surface area (Å²) in [6.07, 6.45) is 0. The summed E-state index contributed by atoms with van der Waals surface area (Å²) in [7, 11) is 0. The molecule has 1 atom stereocenters. The molecule has 7 heteroatoms. The molecule has 172 valence electrons. The highest BCUT2D eigenvalue weighted by atomic mass is 16.6. The molecule has 0 saturated carbocycles. The van der Waals surface area contributed by atoms with Crippen LogP contribution in [0.5, 0.6) is 17.2 Å². The highest BCUT2D eigenvalue weighted by Gasteiger charge is 2.57. The maximum atomic E-state index is 14.1. The summed E-state index contributed by atoms with van der Waals surface area (Å²) in [6.45, 7) is 3.66. The van der Waals surface area contributed by atoms with Crippen LogP contribution in [0.4, 0.5) is 5.69 Å². The summed E-state index contributed by atoms with van der Waals surface area (Å²) in [4.78, 5) is 27.9. The predicted octanol–water partition coefficient (Wildman–Crippen LogP) is 3.86. The van der Waals surface area contributed by atoms with E-state index in [0.29, 0.717) is 49.2 Å². The van der Waals surface area contributed by atoms with Crippen molar-refractivity contribution in [2.45, 2.75) is 18.9 Å². The number of amides is 1. The lowest BCUT2D eigenvalue weighted by molar-refractivity contribution is -0.122. The van der Waals surface area contributed by atoms with Gasteiger partial charge in [0.15, 0.2) is 11.5 Å². The molecule has 6 rings (SSSR count). The first-order valence-electron chi connectivity index (χ1n) is 11.4. The van der Waals surface area contributed by atoms with Gasteiger partial charge in [-0.05, 0) is 42.3 Å². The largest absolute Gasteiger partial charge is 0.491 e. The van der Waals surface area contributed by atoms with Crippen molar-refractivity contribution in [3.8, 4) is 17.2 Å². The lowest BCUT2D eigenvalue weighted by Crippen LogP contribution is -2.42. The lowest BCUT2D eigenvalue weighted by atomic mass is 9.77. The molecule has 0 aliphatic carbocycles. The van der Waals surface area contributed by atoms with Gasteiger partial charge in [-0.25, -0.2) is 4.79 Å². The van der Waals surface area contributed by atoms with Crippen LogP contribution in [0, 0.1) is 0 Å². The maximum absolute atomic E-state index is 14.1. The highest BCUT2D eigenvalue weighted by molar-refractivity contribution is 6.11. The van der Waals surface area contributed by atoms with Crippen LogP contribution in [0.3, 0.4) is 0 Å². The van der Waals surface area contributed by atoms with Crippen LogP contribution in [0.2, 0.25) is 0 Å². The van der Waals surface area contributed by atoms with Crippen molar-refractivity contribution in [1.29, 1.82) is 0 Å². The molecule has 0 fully saturated rings. The average Bonchev–Trinajstić information content (AvgIpc) is 3.35. The monoisotopic (exact) mass is 457 g/mol. The molecule has 3 heterocycles. The van der Waals surface area contributed by atoms with Crippen molar-refractivity contribution in [3.05, 3.63) is 82.9 Å². The first-order chi connectivity index (χ1) is 16.6. The molecule has 0 aromatic heterocycles. The van der Waals surface area contributed by atoms with Gasteiger partial charge in [0.05, 0.1) is 18.7 Å². The Bertz CT molecular complexity index is 1300. The van der Waals surface area contributed by atoms with Crippen LogP contribution in [0.1, 0.15) is 34.0 Å². The van der Waals surface area contributed by atoms with Crippen molar-refractivity contribution in [2.75, 3.05) is 31.3 Å². The molecule has 0 N–H and O–H groups in total. The molecule has 1 unspecified atom stereocenters. The molecule has 34 heavy (non-hydrogen) atoms. The summed E-state index contributed by atoms with van der Waals surface area (Å²) in [6, 6.07) is 18.7. The second kappa shape index (κ2) is 7.80. The Balaban J connectivity index is 1.38. The lowest BCUT2D eigenvalue weighted by Gasteiger charge is -2.24. The Morgan fingerprint density at radius 3 is 2.44 bits per heavy atom. The standard InChI is InChI=1S/C27H23NO6/c1-2-31-25(29)18-9-7-17(8-10-18)15-28-21-6-4-3-5-19(21)27(26(28)30)16-34-22-14-24-23(13-20(22)27)32-11-12-33-24/h3-10,13-14H,2,11-12,15-16H2,1H3. The van der Waals surface area contributed by atoms with E-state index in [-0.39, 0.29) is 18.5 Å². The van der Waals surface area contributed by atoms with Crippen molar-refractivity contribution in [2.24, 2.45) is 0 Å². The fourth-order valence-electron chi connectivity index (χ4n) is 5.01. The third kappa shape index (κ3) is 2.96. The molecule has 3 aliphatic rings. The van der Waals surface area contributed by atoms with Gasteiger partial charge in [0.2, 0.25) is 5.91 Å². The van der Waals surface area contributed by atoms with Crippen molar-refractivity contribution in [3.63, 3.8) is 0 Å². The average molecular weight is 457 g/mol. The van der Waals surface area contributed by atoms with Gasteiger partial charge in [0.25, 0.3) is 0 Å². The van der Waals surface area contributed by atoms with E-state index in [2.05, 4.69) is 0 Å². The van der Waals surface area contributed by atoms with Gasteiger partial charge in [-0.2, -0.15) is 0 Å². The molecule has 3 aromatic rings. The highest BCUT2D eigenvalue weighted by Crippen LogP contribution is 2.54. The van der Waals surface area contributed by atoms with Crippen LogP contribution in [0.15, 0.2) is 60.7 Å². The number of anilines is 1. The van der Waals surface area contributed by atoms with Gasteiger partial charge in [-0.3, -0.25) is 4.79 Å². The second-order valence-corrected chi connectivity index (χ2v) is 8.51. The van der Waals surface area contributed by atoms with Crippen LogP contribution in [-0.4, -0.2) is 38.3 Å². The van der Waals surface area contributed by atoms with Gasteiger partial charge in [-0.15, -0.1) is 0 Å². The summed E-state index contributed by atoms with van der Waals surface area (Å²) in [5.41, 5.74) is 3.03. The fourth-order valence-corrected chi connectivity index (χ4v) is 5.01. The number of carbonyl (C=O) groups is 2. The minimum absolute atomic E-state index is 0.0430. The van der Waals surface area contributed by atoms with E-state index in [0.717, 1.165) is 22.4 Å². The summed E-state index contributed by atoms with van der Waals surface area (Å²) in [5, 5.41) is 0. The number of carbonyl (C=O) groups excluding carboxylic acids is 2. The zero-order valence-corrected chi connectivity index (χ0v) is 18.7. The van der Waals surface area contributed by atoms with Crippen LogP contribution < -0.4 is 19.1 Å². The molecule has 3 aromatic carbocycles. The number of hydrogen-bond acceptors (Lipinski definition) is 6. The minimum Gasteiger partial charge on any atom is -0.491 e. The Morgan fingerprint density at radius 1 is 0.941 bits per heavy atom. The summed E-state index contributed by atoms with van der Waals surface area (Å²) >= 11 is 0. The third-order valence-corrected chi connectivity index (χ3v) is 6.62. The number of rotatable bonds is 4. The topological polar surface area (TPSA) is 74.3 Å². The third-order valence-electron chi connectivity index (χ3n) is 6.62. The Labute approximate surface area is 196 Å². The smallest absolute Gasteiger partial charge is 0.338 e. The zero-order chi connectivity index (χ0) is 23.3. The second-order valence-electron chi connectivity index (χ2n) is 8.51. The van der Waals surface area contributed by atoms with E-state index in [4.69, 9.17) is 18.9 Å². The van der Waals surface area contributed by atoms with E-state index in [1.54, 1.807) is 24.0 Å². The summed E-state index contributed by atoms with van der Waals surface area (Å²) in [5.74, 6) is 1.52. The van der Waals surface area contributed by atoms with Gasteiger partial charge >= 0.3 is 5.97 Å². The zero-order valence-electron chi connectivity index (χ0n) is 18.7. The quantitative estimate of drug-likeness (QED) is 0.554. The SMILES string of the molecule is CCOC(=O)c1ccc(CN2C(=O)C3(COc4cc5c(cc43)OCCO5)c3ccccc32)cc1. The molecule has 1 amide bonds. The van der Waals surface area contributed by atoms with Crippen molar-refractivity contribution in [1.82, 2.24) is 0 Å². The number of benzene rings is 3. The van der Waals surface area contributed by atoms with Gasteiger partial charge < -0.3 is 23.8 Å². The minimum atomic E-state index is -0.938. The predicted molar refractivity (Wildman–Crippen MR) is 124 cm³/mol. The van der Waals surface area contributed by atoms with Crippen LogP contribution in [0.25, 0.3) is 0 Å². The van der Waals surface area contributed by atoms with Gasteiger partial charge in [-0.1, -0.05) is 30.3 Å². The van der Waals surface area contributed by atoms with E-state index < -0.39 is 5.41 Å². The number of para-hydroxylation sites is 1. The molecule has 0 saturated heterocycles. The number of esters is 1. The molecular weight excluding hydrogens is 434 g/mol. The van der Waals surface area contributed by atoms with Crippen LogP contribution in [-0.2, 0) is 21.5 Å². The summed E-state index contributed by atoms with van der Waals surface area (Å²) < 4.78 is 22.6. The van der Waals surface area contributed by atoms with E-state index in [1.165, 1.54) is 0 Å². The molecule has 0 bridgehead atoms. The van der Waals surface area contributed by atoms with Gasteiger partial charge in [0.1, 0.15) is 31.0 Å². The number of ether oxygens (including phenoxy) is 4. The van der Waals surface area contributed by atoms with Gasteiger partial charge in [0, 0.05) is 17.3 Å². The van der Waals surface area contributed by atoms with Crippen LogP contribution >= 0.6 is 0 Å².